The fraction of sp³-hybridized carbons (Fsp3) is 0.188. The molecule has 0 amide bonds. The summed E-state index contributed by atoms with van der Waals surface area (Å²) in [6, 6.07) is 7.56. The molecule has 20 heavy (non-hydrogen) atoms. The van der Waals surface area contributed by atoms with Crippen LogP contribution in [-0.2, 0) is 0 Å². The average molecular weight is 288 g/mol. The van der Waals surface area contributed by atoms with E-state index in [1.807, 2.05) is 37.3 Å². The van der Waals surface area contributed by atoms with Crippen molar-refractivity contribution in [1.82, 2.24) is 4.98 Å². The Morgan fingerprint density at radius 1 is 1.15 bits per heavy atom. The summed E-state index contributed by atoms with van der Waals surface area (Å²) in [6.45, 7) is 4.04. The Morgan fingerprint density at radius 3 is 2.40 bits per heavy atom. The molecular formula is C16H18ClN3. The minimum atomic E-state index is 0.436. The number of hydrogen-bond donors (Lipinski definition) is 2. The van der Waals surface area contributed by atoms with Crippen molar-refractivity contribution < 1.29 is 0 Å². The van der Waals surface area contributed by atoms with Crippen LogP contribution in [0.4, 0.5) is 11.6 Å². The molecule has 0 fully saturated rings. The molecule has 0 aliphatic carbocycles. The molecule has 0 saturated heterocycles. The first-order valence-corrected chi connectivity index (χ1v) is 6.90. The summed E-state index contributed by atoms with van der Waals surface area (Å²) in [4.78, 5) is 4.23. The van der Waals surface area contributed by atoms with Crippen molar-refractivity contribution in [3.8, 4) is 11.1 Å². The highest BCUT2D eigenvalue weighted by atomic mass is 35.5. The number of nitrogen functional groups attached to an aromatic ring is 2. The zero-order valence-corrected chi connectivity index (χ0v) is 12.4. The maximum Gasteiger partial charge on any atom is 0.134 e. The predicted molar refractivity (Wildman–Crippen MR) is 87.6 cm³/mol. The van der Waals surface area contributed by atoms with Crippen molar-refractivity contribution in [2.45, 2.75) is 20.3 Å². The molecule has 0 aliphatic heterocycles. The maximum atomic E-state index is 6.07. The molecule has 4 N–H and O–H groups in total. The van der Waals surface area contributed by atoms with Crippen molar-refractivity contribution in [2.24, 2.45) is 0 Å². The summed E-state index contributed by atoms with van der Waals surface area (Å²) in [5.74, 6) is 0.905. The van der Waals surface area contributed by atoms with Crippen LogP contribution in [0, 0.1) is 6.92 Å². The normalized spacial score (nSPS) is 11.2. The average Bonchev–Trinajstić information content (AvgIpc) is 2.42. The standard InChI is InChI=1S/C16H18ClN3/c1-3-4-5-13-10(2)15(18)20-16(19)14(13)11-6-8-12(17)9-7-11/h4-9H,3H2,1-2H3,(H4,18,19,20)/b5-4-. The van der Waals surface area contributed by atoms with E-state index in [1.165, 1.54) is 0 Å². The summed E-state index contributed by atoms with van der Waals surface area (Å²) < 4.78 is 0. The lowest BCUT2D eigenvalue weighted by Gasteiger charge is -2.14. The highest BCUT2D eigenvalue weighted by molar-refractivity contribution is 6.30. The summed E-state index contributed by atoms with van der Waals surface area (Å²) >= 11 is 5.94. The van der Waals surface area contributed by atoms with Crippen LogP contribution < -0.4 is 11.5 Å². The largest absolute Gasteiger partial charge is 0.383 e. The number of anilines is 2. The van der Waals surface area contributed by atoms with Gasteiger partial charge in [0, 0.05) is 10.6 Å². The van der Waals surface area contributed by atoms with Gasteiger partial charge in [0.15, 0.2) is 0 Å². The molecule has 2 aromatic rings. The number of allylic oxidation sites excluding steroid dienone is 1. The van der Waals surface area contributed by atoms with Crippen LogP contribution in [0.5, 0.6) is 0 Å². The molecule has 0 aliphatic rings. The third-order valence-electron chi connectivity index (χ3n) is 3.21. The molecular weight excluding hydrogens is 270 g/mol. The number of nitrogens with two attached hydrogens (primary N) is 2. The summed E-state index contributed by atoms with van der Waals surface area (Å²) in [5.41, 5.74) is 15.8. The zero-order chi connectivity index (χ0) is 14.7. The summed E-state index contributed by atoms with van der Waals surface area (Å²) in [5, 5.41) is 0.693. The van der Waals surface area contributed by atoms with E-state index in [0.29, 0.717) is 16.7 Å². The van der Waals surface area contributed by atoms with Gasteiger partial charge in [-0.3, -0.25) is 0 Å². The lowest BCUT2D eigenvalue weighted by atomic mass is 9.96. The topological polar surface area (TPSA) is 64.9 Å². The van der Waals surface area contributed by atoms with E-state index in [-0.39, 0.29) is 0 Å². The number of nitrogens with zero attached hydrogens (tertiary/aromatic N) is 1. The zero-order valence-electron chi connectivity index (χ0n) is 11.7. The lowest BCUT2D eigenvalue weighted by molar-refractivity contribution is 1.23. The van der Waals surface area contributed by atoms with Gasteiger partial charge in [-0.15, -0.1) is 0 Å². The minimum absolute atomic E-state index is 0.436. The molecule has 0 bridgehead atoms. The van der Waals surface area contributed by atoms with Crippen LogP contribution in [0.15, 0.2) is 30.3 Å². The van der Waals surface area contributed by atoms with Crippen LogP contribution in [0.25, 0.3) is 17.2 Å². The summed E-state index contributed by atoms with van der Waals surface area (Å²) in [7, 11) is 0. The molecule has 0 saturated carbocycles. The summed E-state index contributed by atoms with van der Waals surface area (Å²) in [6.07, 6.45) is 5.08. The van der Waals surface area contributed by atoms with Crippen molar-refractivity contribution in [1.29, 1.82) is 0 Å². The first kappa shape index (κ1) is 14.4. The first-order valence-electron chi connectivity index (χ1n) is 6.52. The third kappa shape index (κ3) is 2.78. The number of pyridine rings is 1. The van der Waals surface area contributed by atoms with Crippen molar-refractivity contribution in [2.75, 3.05) is 11.5 Å². The Kier molecular flexibility index (Phi) is 4.30. The second-order valence-electron chi connectivity index (χ2n) is 4.61. The second-order valence-corrected chi connectivity index (χ2v) is 5.05. The van der Waals surface area contributed by atoms with Crippen LogP contribution in [0.3, 0.4) is 0 Å². The van der Waals surface area contributed by atoms with Gasteiger partial charge in [0.2, 0.25) is 0 Å². The fourth-order valence-electron chi connectivity index (χ4n) is 2.10. The molecule has 1 heterocycles. The lowest BCUT2D eigenvalue weighted by Crippen LogP contribution is -2.04. The van der Waals surface area contributed by atoms with E-state index in [4.69, 9.17) is 23.1 Å². The number of benzene rings is 1. The Morgan fingerprint density at radius 2 is 1.80 bits per heavy atom. The molecule has 0 spiro atoms. The van der Waals surface area contributed by atoms with E-state index >= 15 is 0 Å². The molecule has 0 atom stereocenters. The van der Waals surface area contributed by atoms with E-state index < -0.39 is 0 Å². The van der Waals surface area contributed by atoms with Crippen molar-refractivity contribution in [3.63, 3.8) is 0 Å². The maximum absolute atomic E-state index is 6.07. The van der Waals surface area contributed by atoms with E-state index in [9.17, 15) is 0 Å². The molecule has 104 valence electrons. The van der Waals surface area contributed by atoms with Gasteiger partial charge in [-0.25, -0.2) is 4.98 Å². The monoisotopic (exact) mass is 287 g/mol. The minimum Gasteiger partial charge on any atom is -0.383 e. The predicted octanol–water partition coefficient (Wildman–Crippen LogP) is 4.30. The quantitative estimate of drug-likeness (QED) is 0.884. The number of aromatic nitrogens is 1. The van der Waals surface area contributed by atoms with E-state index in [1.54, 1.807) is 0 Å². The Labute approximate surface area is 124 Å². The Bertz CT molecular complexity index is 646. The van der Waals surface area contributed by atoms with Gasteiger partial charge in [-0.1, -0.05) is 42.8 Å². The third-order valence-corrected chi connectivity index (χ3v) is 3.46. The van der Waals surface area contributed by atoms with Crippen LogP contribution in [0.2, 0.25) is 5.02 Å². The van der Waals surface area contributed by atoms with Gasteiger partial charge in [-0.2, -0.15) is 0 Å². The Hall–Kier alpha value is -2.00. The highest BCUT2D eigenvalue weighted by Gasteiger charge is 2.14. The number of rotatable bonds is 3. The second kappa shape index (κ2) is 5.97. The van der Waals surface area contributed by atoms with Gasteiger partial charge in [0.25, 0.3) is 0 Å². The SMILES string of the molecule is CC/C=C\c1c(C)c(N)nc(N)c1-c1ccc(Cl)cc1. The molecule has 3 nitrogen and oxygen atoms in total. The van der Waals surface area contributed by atoms with Gasteiger partial charge in [0.1, 0.15) is 11.6 Å². The van der Waals surface area contributed by atoms with Crippen LogP contribution in [-0.4, -0.2) is 4.98 Å². The van der Waals surface area contributed by atoms with Gasteiger partial charge in [0.05, 0.1) is 0 Å². The first-order chi connectivity index (χ1) is 9.54. The molecule has 0 radical (unpaired) electrons. The highest BCUT2D eigenvalue weighted by Crippen LogP contribution is 2.34. The van der Waals surface area contributed by atoms with Crippen molar-refractivity contribution in [3.05, 3.63) is 46.5 Å². The van der Waals surface area contributed by atoms with Gasteiger partial charge >= 0.3 is 0 Å². The Balaban J connectivity index is 2.70. The van der Waals surface area contributed by atoms with E-state index in [0.717, 1.165) is 28.7 Å². The number of halogens is 1. The molecule has 4 heteroatoms. The van der Waals surface area contributed by atoms with E-state index in [2.05, 4.69) is 18.0 Å². The van der Waals surface area contributed by atoms with Crippen LogP contribution in [0.1, 0.15) is 24.5 Å². The van der Waals surface area contributed by atoms with Gasteiger partial charge < -0.3 is 11.5 Å². The van der Waals surface area contributed by atoms with Gasteiger partial charge in [-0.05, 0) is 42.2 Å². The molecule has 1 aromatic carbocycles. The van der Waals surface area contributed by atoms with Crippen LogP contribution >= 0.6 is 11.6 Å². The number of hydrogen-bond acceptors (Lipinski definition) is 3. The van der Waals surface area contributed by atoms with Crippen molar-refractivity contribution >= 4 is 29.3 Å². The fourth-order valence-corrected chi connectivity index (χ4v) is 2.22. The molecule has 1 aromatic heterocycles. The smallest absolute Gasteiger partial charge is 0.134 e. The molecule has 2 rings (SSSR count). The molecule has 0 unspecified atom stereocenters.